The Morgan fingerprint density at radius 2 is 1.80 bits per heavy atom. The predicted octanol–water partition coefficient (Wildman–Crippen LogP) is 1.21. The number of rotatable bonds is 5. The van der Waals surface area contributed by atoms with Crippen LogP contribution in [0.4, 0.5) is 5.69 Å². The van der Waals surface area contributed by atoms with Crippen LogP contribution in [-0.4, -0.2) is 20.7 Å². The molecule has 0 saturated heterocycles. The lowest BCUT2D eigenvalue weighted by molar-refractivity contribution is 0.593. The van der Waals surface area contributed by atoms with Gasteiger partial charge in [-0.3, -0.25) is 0 Å². The fourth-order valence-corrected chi connectivity index (χ4v) is 2.44. The molecule has 0 atom stereocenters. The molecule has 0 unspecified atom stereocenters. The molecule has 0 spiro atoms. The Morgan fingerprint density at radius 3 is 2.27 bits per heavy atom. The van der Waals surface area contributed by atoms with Gasteiger partial charge in [-0.2, -0.15) is 0 Å². The van der Waals surface area contributed by atoms with Gasteiger partial charge in [-0.05, 0) is 42.4 Å². The summed E-state index contributed by atoms with van der Waals surface area (Å²) in [5.41, 5.74) is 5.45. The van der Waals surface area contributed by atoms with Gasteiger partial charge in [0.2, 0.25) is 0 Å². The largest absolute Gasteiger partial charge is 0.330 e. The molecule has 0 amide bonds. The van der Waals surface area contributed by atoms with Gasteiger partial charge in [0.25, 0.3) is 0 Å². The van der Waals surface area contributed by atoms with Crippen molar-refractivity contribution in [1.29, 1.82) is 0 Å². The van der Waals surface area contributed by atoms with Gasteiger partial charge in [-0.1, -0.05) is 0 Å². The second-order valence-electron chi connectivity index (χ2n) is 3.05. The highest BCUT2D eigenvalue weighted by molar-refractivity contribution is 7.91. The van der Waals surface area contributed by atoms with E-state index >= 15 is 0 Å². The Hall–Kier alpha value is -1.27. The van der Waals surface area contributed by atoms with Gasteiger partial charge < -0.3 is 5.73 Å². The van der Waals surface area contributed by atoms with Crippen LogP contribution in [0.1, 0.15) is 6.42 Å². The third-order valence-electron chi connectivity index (χ3n) is 1.92. The van der Waals surface area contributed by atoms with E-state index in [0.717, 1.165) is 0 Å². The maximum atomic E-state index is 11.6. The lowest BCUT2D eigenvalue weighted by atomic mass is 10.3. The van der Waals surface area contributed by atoms with Crippen LogP contribution in [0.25, 0.3) is 0 Å². The summed E-state index contributed by atoms with van der Waals surface area (Å²) in [6.07, 6.45) is 0.427. The van der Waals surface area contributed by atoms with Crippen molar-refractivity contribution in [3.8, 4) is 0 Å². The van der Waals surface area contributed by atoms with Crippen LogP contribution in [0.5, 0.6) is 0 Å². The molecule has 0 bridgehead atoms. The molecule has 0 aliphatic rings. The summed E-state index contributed by atoms with van der Waals surface area (Å²) in [6, 6.07) is 5.51. The molecule has 82 valence electrons. The molecule has 0 saturated carbocycles. The first-order chi connectivity index (χ1) is 7.10. The van der Waals surface area contributed by atoms with Crippen LogP contribution in [0.2, 0.25) is 0 Å². The highest BCUT2D eigenvalue weighted by Gasteiger charge is 2.13. The van der Waals surface area contributed by atoms with Crippen LogP contribution >= 0.6 is 0 Å². The van der Waals surface area contributed by atoms with Crippen molar-refractivity contribution in [2.24, 2.45) is 10.9 Å². The second-order valence-corrected chi connectivity index (χ2v) is 5.16. The number of hydrogen-bond donors (Lipinski definition) is 1. The van der Waals surface area contributed by atoms with E-state index in [1.807, 2.05) is 0 Å². The van der Waals surface area contributed by atoms with E-state index < -0.39 is 9.84 Å². The molecule has 2 N–H and O–H groups in total. The minimum Gasteiger partial charge on any atom is -0.330 e. The third-order valence-corrected chi connectivity index (χ3v) is 3.73. The lowest BCUT2D eigenvalue weighted by Crippen LogP contribution is -2.11. The van der Waals surface area contributed by atoms with Crippen LogP contribution in [0, 0.1) is 4.91 Å². The van der Waals surface area contributed by atoms with Gasteiger partial charge in [0.05, 0.1) is 10.6 Å². The van der Waals surface area contributed by atoms with E-state index in [4.69, 9.17) is 5.73 Å². The van der Waals surface area contributed by atoms with Gasteiger partial charge in [0, 0.05) is 0 Å². The zero-order valence-corrected chi connectivity index (χ0v) is 8.90. The molecule has 1 aromatic carbocycles. The minimum atomic E-state index is -3.27. The molecule has 6 heteroatoms. The summed E-state index contributed by atoms with van der Waals surface area (Å²) >= 11 is 0. The molecule has 15 heavy (non-hydrogen) atoms. The topological polar surface area (TPSA) is 89.6 Å². The maximum absolute atomic E-state index is 11.6. The number of hydrogen-bond acceptors (Lipinski definition) is 5. The van der Waals surface area contributed by atoms with Gasteiger partial charge in [0.1, 0.15) is 5.69 Å². The molecule has 5 nitrogen and oxygen atoms in total. The van der Waals surface area contributed by atoms with Crippen molar-refractivity contribution in [1.82, 2.24) is 0 Å². The van der Waals surface area contributed by atoms with E-state index in [2.05, 4.69) is 5.18 Å². The Kier molecular flexibility index (Phi) is 3.93. The first-order valence-electron chi connectivity index (χ1n) is 4.46. The summed E-state index contributed by atoms with van der Waals surface area (Å²) in [7, 11) is -3.27. The molecule has 0 aliphatic heterocycles. The fraction of sp³-hybridized carbons (Fsp3) is 0.333. The highest BCUT2D eigenvalue weighted by Crippen LogP contribution is 2.17. The minimum absolute atomic E-state index is 0.0252. The Balaban J connectivity index is 2.90. The number of nitrogens with zero attached hydrogens (tertiary/aromatic N) is 1. The lowest BCUT2D eigenvalue weighted by Gasteiger charge is -2.02. The molecule has 1 rings (SSSR count). The average molecular weight is 228 g/mol. The first-order valence-corrected chi connectivity index (χ1v) is 6.11. The summed E-state index contributed by atoms with van der Waals surface area (Å²) in [4.78, 5) is 10.3. The summed E-state index contributed by atoms with van der Waals surface area (Å²) in [6.45, 7) is 0.340. The van der Waals surface area contributed by atoms with Crippen LogP contribution in [0.15, 0.2) is 34.3 Å². The van der Waals surface area contributed by atoms with Crippen LogP contribution in [-0.2, 0) is 9.84 Å². The molecular formula is C9H12N2O3S. The standard InChI is InChI=1S/C9H12N2O3S/c10-6-1-7-15(13,14)9-4-2-8(11-12)3-5-9/h2-5H,1,6-7,10H2. The van der Waals surface area contributed by atoms with E-state index in [1.54, 1.807) is 0 Å². The van der Waals surface area contributed by atoms with Gasteiger partial charge in [-0.15, -0.1) is 4.91 Å². The van der Waals surface area contributed by atoms with Gasteiger partial charge in [0.15, 0.2) is 9.84 Å². The smallest absolute Gasteiger partial charge is 0.178 e. The van der Waals surface area contributed by atoms with E-state index in [-0.39, 0.29) is 16.3 Å². The molecule has 1 aromatic rings. The normalized spacial score (nSPS) is 11.3. The number of nitrogens with two attached hydrogens (primary N) is 1. The van der Waals surface area contributed by atoms with Gasteiger partial charge in [-0.25, -0.2) is 8.42 Å². The van der Waals surface area contributed by atoms with Crippen LogP contribution in [0.3, 0.4) is 0 Å². The summed E-state index contributed by atoms with van der Waals surface area (Å²) in [5, 5.41) is 2.69. The number of nitroso groups, excluding NO2 is 1. The number of benzene rings is 1. The molecular weight excluding hydrogens is 216 g/mol. The molecule has 0 aliphatic carbocycles. The monoisotopic (exact) mass is 228 g/mol. The third kappa shape index (κ3) is 3.10. The van der Waals surface area contributed by atoms with E-state index in [9.17, 15) is 13.3 Å². The quantitative estimate of drug-likeness (QED) is 0.767. The molecule has 0 radical (unpaired) electrons. The van der Waals surface area contributed by atoms with Crippen molar-refractivity contribution in [3.05, 3.63) is 29.2 Å². The van der Waals surface area contributed by atoms with Crippen LogP contribution < -0.4 is 5.73 Å². The zero-order valence-electron chi connectivity index (χ0n) is 8.09. The average Bonchev–Trinajstić information content (AvgIpc) is 2.26. The van der Waals surface area contributed by atoms with Gasteiger partial charge >= 0.3 is 0 Å². The van der Waals surface area contributed by atoms with Crippen molar-refractivity contribution < 1.29 is 8.42 Å². The molecule has 0 aromatic heterocycles. The highest BCUT2D eigenvalue weighted by atomic mass is 32.2. The predicted molar refractivity (Wildman–Crippen MR) is 57.6 cm³/mol. The van der Waals surface area contributed by atoms with E-state index in [1.165, 1.54) is 24.3 Å². The SMILES string of the molecule is NCCCS(=O)(=O)c1ccc(N=O)cc1. The fourth-order valence-electron chi connectivity index (χ4n) is 1.11. The van der Waals surface area contributed by atoms with Crippen molar-refractivity contribution >= 4 is 15.5 Å². The molecule has 0 fully saturated rings. The Bertz CT molecular complexity index is 425. The Labute approximate surface area is 88.2 Å². The van der Waals surface area contributed by atoms with Crippen molar-refractivity contribution in [3.63, 3.8) is 0 Å². The Morgan fingerprint density at radius 1 is 1.20 bits per heavy atom. The summed E-state index contributed by atoms with van der Waals surface area (Å²) in [5.74, 6) is 0.0252. The second kappa shape index (κ2) is 4.99. The summed E-state index contributed by atoms with van der Waals surface area (Å²) < 4.78 is 23.3. The van der Waals surface area contributed by atoms with E-state index in [0.29, 0.717) is 13.0 Å². The maximum Gasteiger partial charge on any atom is 0.178 e. The number of sulfone groups is 1. The molecule has 0 heterocycles. The first kappa shape index (κ1) is 11.8. The van der Waals surface area contributed by atoms with Crippen molar-refractivity contribution in [2.75, 3.05) is 12.3 Å². The zero-order chi connectivity index (χ0) is 11.3. The van der Waals surface area contributed by atoms with Crippen molar-refractivity contribution in [2.45, 2.75) is 11.3 Å².